The van der Waals surface area contributed by atoms with Crippen molar-refractivity contribution in [1.29, 1.82) is 0 Å². The Hall–Kier alpha value is -2.32. The zero-order valence-electron chi connectivity index (χ0n) is 16.6. The first kappa shape index (κ1) is 16.8. The molecule has 27 heavy (non-hydrogen) atoms. The van der Waals surface area contributed by atoms with Crippen LogP contribution < -0.4 is 5.32 Å². The molecule has 0 radical (unpaired) electrons. The van der Waals surface area contributed by atoms with Crippen LogP contribution in [0.15, 0.2) is 54.6 Å². The second-order valence-corrected chi connectivity index (χ2v) is 9.74. The standard InChI is InChI=1S/C25H27NO/c1-23(2)14-25(15-24(3,4)26-23)19-12-8-7-11-18(19)22-17-10-6-5-9-16(17)21(27)13-20(22)25/h5-13,26-27H,14-15H2,1-4H3. The normalized spacial score (nSPS) is 21.2. The molecule has 1 saturated heterocycles. The summed E-state index contributed by atoms with van der Waals surface area (Å²) < 4.78 is 0. The van der Waals surface area contributed by atoms with Crippen molar-refractivity contribution >= 4 is 10.8 Å². The molecule has 0 amide bonds. The van der Waals surface area contributed by atoms with Crippen LogP contribution in [0.5, 0.6) is 5.75 Å². The number of fused-ring (bicyclic) bond motifs is 7. The average Bonchev–Trinajstić information content (AvgIpc) is 2.82. The van der Waals surface area contributed by atoms with Crippen molar-refractivity contribution in [3.63, 3.8) is 0 Å². The van der Waals surface area contributed by atoms with E-state index in [9.17, 15) is 5.11 Å². The molecule has 1 heterocycles. The molecule has 0 aromatic heterocycles. The summed E-state index contributed by atoms with van der Waals surface area (Å²) in [5.74, 6) is 0.394. The van der Waals surface area contributed by atoms with E-state index < -0.39 is 0 Å². The van der Waals surface area contributed by atoms with E-state index in [1.165, 1.54) is 22.3 Å². The van der Waals surface area contributed by atoms with Crippen LogP contribution in [0.3, 0.4) is 0 Å². The van der Waals surface area contributed by atoms with Gasteiger partial charge in [0.1, 0.15) is 5.75 Å². The maximum Gasteiger partial charge on any atom is 0.123 e. The third-order valence-corrected chi connectivity index (χ3v) is 6.41. The Balaban J connectivity index is 1.91. The first-order valence-corrected chi connectivity index (χ1v) is 9.87. The lowest BCUT2D eigenvalue weighted by atomic mass is 9.61. The quantitative estimate of drug-likeness (QED) is 0.537. The molecule has 2 nitrogen and oxygen atoms in total. The Bertz CT molecular complexity index is 1060. The summed E-state index contributed by atoms with van der Waals surface area (Å²) in [6.07, 6.45) is 2.04. The first-order chi connectivity index (χ1) is 12.7. The van der Waals surface area contributed by atoms with Crippen LogP contribution in [0.4, 0.5) is 0 Å². The Morgan fingerprint density at radius 1 is 0.778 bits per heavy atom. The molecule has 2 N–H and O–H groups in total. The van der Waals surface area contributed by atoms with Gasteiger partial charge in [-0.25, -0.2) is 0 Å². The fourth-order valence-electron chi connectivity index (χ4n) is 6.24. The summed E-state index contributed by atoms with van der Waals surface area (Å²) in [5, 5.41) is 16.8. The Kier molecular flexibility index (Phi) is 3.20. The molecule has 1 spiro atoms. The highest BCUT2D eigenvalue weighted by Crippen LogP contribution is 2.60. The van der Waals surface area contributed by atoms with Crippen molar-refractivity contribution in [2.24, 2.45) is 0 Å². The number of aromatic hydroxyl groups is 1. The smallest absolute Gasteiger partial charge is 0.123 e. The number of benzene rings is 3. The molecule has 2 heteroatoms. The van der Waals surface area contributed by atoms with Gasteiger partial charge in [0.25, 0.3) is 0 Å². The summed E-state index contributed by atoms with van der Waals surface area (Å²) in [5.41, 5.74) is 5.30. The van der Waals surface area contributed by atoms with Crippen molar-refractivity contribution < 1.29 is 5.11 Å². The number of hydrogen-bond donors (Lipinski definition) is 2. The number of hydrogen-bond acceptors (Lipinski definition) is 2. The highest BCUT2D eigenvalue weighted by atomic mass is 16.3. The molecule has 1 fully saturated rings. The van der Waals surface area contributed by atoms with E-state index in [4.69, 9.17) is 0 Å². The van der Waals surface area contributed by atoms with Gasteiger partial charge in [-0.2, -0.15) is 0 Å². The van der Waals surface area contributed by atoms with Crippen molar-refractivity contribution in [2.75, 3.05) is 0 Å². The maximum atomic E-state index is 10.9. The van der Waals surface area contributed by atoms with E-state index in [1.807, 2.05) is 12.1 Å². The summed E-state index contributed by atoms with van der Waals surface area (Å²) >= 11 is 0. The van der Waals surface area contributed by atoms with Gasteiger partial charge >= 0.3 is 0 Å². The number of rotatable bonds is 0. The van der Waals surface area contributed by atoms with Crippen LogP contribution in [-0.2, 0) is 5.41 Å². The van der Waals surface area contributed by atoms with E-state index >= 15 is 0 Å². The van der Waals surface area contributed by atoms with Crippen LogP contribution in [0, 0.1) is 0 Å². The second-order valence-electron chi connectivity index (χ2n) is 9.74. The van der Waals surface area contributed by atoms with E-state index in [0.29, 0.717) is 5.75 Å². The molecule has 3 aromatic rings. The van der Waals surface area contributed by atoms with Gasteiger partial charge in [-0.15, -0.1) is 0 Å². The predicted molar refractivity (Wildman–Crippen MR) is 112 cm³/mol. The fourth-order valence-corrected chi connectivity index (χ4v) is 6.24. The van der Waals surface area contributed by atoms with Gasteiger partial charge in [0.2, 0.25) is 0 Å². The largest absolute Gasteiger partial charge is 0.507 e. The monoisotopic (exact) mass is 357 g/mol. The van der Waals surface area contributed by atoms with Gasteiger partial charge < -0.3 is 10.4 Å². The highest BCUT2D eigenvalue weighted by molar-refractivity contribution is 6.05. The molecule has 1 aliphatic heterocycles. The van der Waals surface area contributed by atoms with Crippen LogP contribution in [0.1, 0.15) is 51.7 Å². The maximum absolute atomic E-state index is 10.9. The van der Waals surface area contributed by atoms with Gasteiger partial charge in [-0.3, -0.25) is 0 Å². The topological polar surface area (TPSA) is 32.3 Å². The molecule has 3 aromatic carbocycles. The molecule has 0 saturated carbocycles. The minimum Gasteiger partial charge on any atom is -0.507 e. The van der Waals surface area contributed by atoms with Crippen molar-refractivity contribution in [1.82, 2.24) is 5.32 Å². The van der Waals surface area contributed by atoms with Crippen LogP contribution in [0.25, 0.3) is 21.9 Å². The van der Waals surface area contributed by atoms with Gasteiger partial charge in [0.15, 0.2) is 0 Å². The summed E-state index contributed by atoms with van der Waals surface area (Å²) in [4.78, 5) is 0. The van der Waals surface area contributed by atoms with E-state index in [-0.39, 0.29) is 16.5 Å². The molecular formula is C25H27NO. The molecule has 5 rings (SSSR count). The number of piperidine rings is 1. The van der Waals surface area contributed by atoms with Crippen molar-refractivity contribution in [2.45, 2.75) is 57.0 Å². The Labute approximate surface area is 161 Å². The highest BCUT2D eigenvalue weighted by Gasteiger charge is 2.53. The molecule has 138 valence electrons. The molecule has 0 unspecified atom stereocenters. The third kappa shape index (κ3) is 2.29. The lowest BCUT2D eigenvalue weighted by Gasteiger charge is -2.52. The predicted octanol–water partition coefficient (Wildman–Crippen LogP) is 5.75. The fraction of sp³-hybridized carbons (Fsp3) is 0.360. The van der Waals surface area contributed by atoms with E-state index in [0.717, 1.165) is 23.6 Å². The number of nitrogens with one attached hydrogen (secondary N) is 1. The van der Waals surface area contributed by atoms with Crippen LogP contribution >= 0.6 is 0 Å². The second kappa shape index (κ2) is 5.14. The molecule has 0 atom stereocenters. The number of phenolic OH excluding ortho intramolecular Hbond substituents is 1. The van der Waals surface area contributed by atoms with Gasteiger partial charge in [-0.1, -0.05) is 48.5 Å². The first-order valence-electron chi connectivity index (χ1n) is 9.87. The van der Waals surface area contributed by atoms with Crippen LogP contribution in [0.2, 0.25) is 0 Å². The zero-order chi connectivity index (χ0) is 19.0. The number of phenols is 1. The Morgan fingerprint density at radius 3 is 2.07 bits per heavy atom. The lowest BCUT2D eigenvalue weighted by molar-refractivity contribution is 0.125. The summed E-state index contributed by atoms with van der Waals surface area (Å²) in [6.45, 7) is 9.21. The van der Waals surface area contributed by atoms with Crippen LogP contribution in [-0.4, -0.2) is 16.2 Å². The molecule has 2 aliphatic rings. The minimum atomic E-state index is -0.0777. The van der Waals surface area contributed by atoms with E-state index in [2.05, 4.69) is 75.5 Å². The van der Waals surface area contributed by atoms with E-state index in [1.54, 1.807) is 0 Å². The molecule has 1 aliphatic carbocycles. The van der Waals surface area contributed by atoms with Crippen molar-refractivity contribution in [3.8, 4) is 16.9 Å². The zero-order valence-corrected chi connectivity index (χ0v) is 16.6. The summed E-state index contributed by atoms with van der Waals surface area (Å²) in [7, 11) is 0. The van der Waals surface area contributed by atoms with Gasteiger partial charge in [0, 0.05) is 21.9 Å². The lowest BCUT2D eigenvalue weighted by Crippen LogP contribution is -2.62. The third-order valence-electron chi connectivity index (χ3n) is 6.41. The SMILES string of the molecule is CC1(C)CC2(CC(C)(C)N1)c1ccccc1-c1c2cc(O)c2ccccc12. The Morgan fingerprint density at radius 2 is 1.37 bits per heavy atom. The van der Waals surface area contributed by atoms with Crippen molar-refractivity contribution in [3.05, 3.63) is 65.7 Å². The van der Waals surface area contributed by atoms with Gasteiger partial charge in [0.05, 0.1) is 0 Å². The molecule has 0 bridgehead atoms. The van der Waals surface area contributed by atoms with Gasteiger partial charge in [-0.05, 0) is 74.2 Å². The molecular weight excluding hydrogens is 330 g/mol. The average molecular weight is 357 g/mol. The summed E-state index contributed by atoms with van der Waals surface area (Å²) in [6, 6.07) is 19.2. The minimum absolute atomic E-state index is 0.0116.